The van der Waals surface area contributed by atoms with Gasteiger partial charge in [0.2, 0.25) is 0 Å². The molecule has 0 atom stereocenters. The van der Waals surface area contributed by atoms with Gasteiger partial charge in [0.15, 0.2) is 22.9 Å². The largest absolute Gasteiger partial charge is 0.494 e. The Balaban J connectivity index is 2.49. The second-order valence-electron chi connectivity index (χ2n) is 4.15. The van der Waals surface area contributed by atoms with Gasteiger partial charge >= 0.3 is 0 Å². The molecule has 2 aromatic rings. The molecule has 0 aliphatic rings. The van der Waals surface area contributed by atoms with Gasteiger partial charge in [-0.25, -0.2) is 0 Å². The van der Waals surface area contributed by atoms with E-state index in [1.807, 2.05) is 6.07 Å². The predicted molar refractivity (Wildman–Crippen MR) is 82.1 cm³/mol. The molecular weight excluding hydrogens is 284 g/mol. The van der Waals surface area contributed by atoms with Crippen LogP contribution in [0, 0.1) is 6.07 Å². The fraction of sp³-hybridized carbons (Fsp3) is 0.250. The first-order valence-corrected chi connectivity index (χ1v) is 6.50. The van der Waals surface area contributed by atoms with Crippen LogP contribution in [0.4, 0.5) is 11.4 Å². The topological polar surface area (TPSA) is 61.6 Å². The molecule has 0 amide bonds. The standard InChI is InChI=1S/C16H17N2O4/c1-19-11-7-5-8-12(20-2)15(11)17-18-16-13(21-3)9-6-10-14(16)22-4/h5,7-10H,1-4H3/b18-17+. The van der Waals surface area contributed by atoms with Gasteiger partial charge in [0.05, 0.1) is 28.4 Å². The summed E-state index contributed by atoms with van der Waals surface area (Å²) in [5.74, 6) is 2.14. The Bertz CT molecular complexity index is 569. The van der Waals surface area contributed by atoms with Crippen molar-refractivity contribution in [2.45, 2.75) is 0 Å². The maximum Gasteiger partial charge on any atom is 0.169 e. The second-order valence-corrected chi connectivity index (χ2v) is 4.15. The van der Waals surface area contributed by atoms with Gasteiger partial charge in [0, 0.05) is 0 Å². The highest BCUT2D eigenvalue weighted by Crippen LogP contribution is 2.41. The first-order chi connectivity index (χ1) is 10.7. The van der Waals surface area contributed by atoms with E-state index < -0.39 is 0 Å². The van der Waals surface area contributed by atoms with Crippen molar-refractivity contribution in [2.24, 2.45) is 10.2 Å². The Hall–Kier alpha value is -2.76. The number of hydrogen-bond acceptors (Lipinski definition) is 6. The lowest BCUT2D eigenvalue weighted by Crippen LogP contribution is -1.89. The van der Waals surface area contributed by atoms with Gasteiger partial charge < -0.3 is 18.9 Å². The molecule has 2 aromatic carbocycles. The van der Waals surface area contributed by atoms with Crippen LogP contribution >= 0.6 is 0 Å². The average Bonchev–Trinajstić information content (AvgIpc) is 2.58. The zero-order valence-electron chi connectivity index (χ0n) is 12.9. The molecule has 0 heterocycles. The van der Waals surface area contributed by atoms with Gasteiger partial charge in [-0.2, -0.15) is 0 Å². The van der Waals surface area contributed by atoms with E-state index in [9.17, 15) is 0 Å². The lowest BCUT2D eigenvalue weighted by atomic mass is 10.2. The van der Waals surface area contributed by atoms with E-state index in [1.54, 1.807) is 52.7 Å². The molecule has 1 radical (unpaired) electrons. The van der Waals surface area contributed by atoms with Crippen LogP contribution < -0.4 is 18.9 Å². The third-order valence-corrected chi connectivity index (χ3v) is 2.99. The normalized spacial score (nSPS) is 10.5. The van der Waals surface area contributed by atoms with E-state index in [2.05, 4.69) is 16.3 Å². The molecule has 22 heavy (non-hydrogen) atoms. The first kappa shape index (κ1) is 15.6. The molecule has 2 rings (SSSR count). The van der Waals surface area contributed by atoms with E-state index >= 15 is 0 Å². The number of rotatable bonds is 6. The Kier molecular flexibility index (Phi) is 5.19. The zero-order valence-corrected chi connectivity index (χ0v) is 12.9. The Morgan fingerprint density at radius 3 is 1.50 bits per heavy atom. The summed E-state index contributed by atoms with van der Waals surface area (Å²) in [6.45, 7) is 0. The smallest absolute Gasteiger partial charge is 0.169 e. The van der Waals surface area contributed by atoms with Crippen molar-refractivity contribution in [1.82, 2.24) is 0 Å². The van der Waals surface area contributed by atoms with E-state index in [1.165, 1.54) is 0 Å². The molecule has 0 spiro atoms. The predicted octanol–water partition coefficient (Wildman–Crippen LogP) is 3.94. The van der Waals surface area contributed by atoms with Crippen LogP contribution in [-0.2, 0) is 0 Å². The van der Waals surface area contributed by atoms with Crippen molar-refractivity contribution in [1.29, 1.82) is 0 Å². The minimum Gasteiger partial charge on any atom is -0.494 e. The Morgan fingerprint density at radius 2 is 1.09 bits per heavy atom. The fourth-order valence-corrected chi connectivity index (χ4v) is 1.89. The van der Waals surface area contributed by atoms with Crippen molar-refractivity contribution in [3.8, 4) is 23.0 Å². The average molecular weight is 301 g/mol. The molecule has 115 valence electrons. The quantitative estimate of drug-likeness (QED) is 0.758. The van der Waals surface area contributed by atoms with E-state index in [-0.39, 0.29) is 0 Å². The van der Waals surface area contributed by atoms with Gasteiger partial charge in [0.1, 0.15) is 11.5 Å². The highest BCUT2D eigenvalue weighted by molar-refractivity contribution is 5.64. The van der Waals surface area contributed by atoms with Crippen molar-refractivity contribution >= 4 is 11.4 Å². The maximum atomic E-state index is 5.29. The summed E-state index contributed by atoms with van der Waals surface area (Å²) in [4.78, 5) is 0. The number of methoxy groups -OCH3 is 4. The summed E-state index contributed by atoms with van der Waals surface area (Å²) in [7, 11) is 6.22. The molecule has 0 saturated carbocycles. The number of benzene rings is 2. The van der Waals surface area contributed by atoms with Gasteiger partial charge in [-0.1, -0.05) is 6.07 Å². The number of nitrogens with zero attached hydrogens (tertiary/aromatic N) is 2. The molecule has 0 bridgehead atoms. The SMILES string of the molecule is COc1c[c]cc(OC)c1/N=N/c1c(OC)cccc1OC. The molecule has 6 heteroatoms. The maximum absolute atomic E-state index is 5.29. The summed E-state index contributed by atoms with van der Waals surface area (Å²) in [6.07, 6.45) is 0. The van der Waals surface area contributed by atoms with Gasteiger partial charge in [-0.3, -0.25) is 0 Å². The number of azo groups is 1. The highest BCUT2D eigenvalue weighted by atomic mass is 16.5. The van der Waals surface area contributed by atoms with Crippen molar-refractivity contribution in [3.63, 3.8) is 0 Å². The van der Waals surface area contributed by atoms with E-state index in [0.29, 0.717) is 34.4 Å². The Labute approximate surface area is 129 Å². The van der Waals surface area contributed by atoms with Crippen molar-refractivity contribution < 1.29 is 18.9 Å². The van der Waals surface area contributed by atoms with Crippen LogP contribution in [-0.4, -0.2) is 28.4 Å². The molecule has 0 N–H and O–H groups in total. The van der Waals surface area contributed by atoms with Gasteiger partial charge in [-0.15, -0.1) is 10.2 Å². The third kappa shape index (κ3) is 3.11. The van der Waals surface area contributed by atoms with Crippen LogP contribution in [0.15, 0.2) is 40.6 Å². The zero-order chi connectivity index (χ0) is 15.9. The molecule has 0 aliphatic carbocycles. The fourth-order valence-electron chi connectivity index (χ4n) is 1.89. The summed E-state index contributed by atoms with van der Waals surface area (Å²) < 4.78 is 21.1. The molecule has 0 fully saturated rings. The lowest BCUT2D eigenvalue weighted by molar-refractivity contribution is 0.393. The van der Waals surface area contributed by atoms with Gasteiger partial charge in [-0.05, 0) is 30.3 Å². The second kappa shape index (κ2) is 7.31. The number of ether oxygens (including phenoxy) is 4. The van der Waals surface area contributed by atoms with Crippen LogP contribution in [0.2, 0.25) is 0 Å². The van der Waals surface area contributed by atoms with Crippen LogP contribution in [0.3, 0.4) is 0 Å². The molecule has 0 saturated heterocycles. The molecule has 0 aromatic heterocycles. The van der Waals surface area contributed by atoms with Gasteiger partial charge in [0.25, 0.3) is 0 Å². The van der Waals surface area contributed by atoms with Crippen molar-refractivity contribution in [2.75, 3.05) is 28.4 Å². The monoisotopic (exact) mass is 301 g/mol. The summed E-state index contributed by atoms with van der Waals surface area (Å²) in [5.41, 5.74) is 0.959. The summed E-state index contributed by atoms with van der Waals surface area (Å²) >= 11 is 0. The minimum absolute atomic E-state index is 0.469. The summed E-state index contributed by atoms with van der Waals surface area (Å²) in [6, 6.07) is 11.6. The summed E-state index contributed by atoms with van der Waals surface area (Å²) in [5, 5.41) is 8.47. The van der Waals surface area contributed by atoms with E-state index in [4.69, 9.17) is 18.9 Å². The van der Waals surface area contributed by atoms with E-state index in [0.717, 1.165) is 0 Å². The van der Waals surface area contributed by atoms with Crippen LogP contribution in [0.5, 0.6) is 23.0 Å². The van der Waals surface area contributed by atoms with Crippen LogP contribution in [0.25, 0.3) is 0 Å². The molecule has 6 nitrogen and oxygen atoms in total. The Morgan fingerprint density at radius 1 is 0.682 bits per heavy atom. The number of hydrogen-bond donors (Lipinski definition) is 0. The van der Waals surface area contributed by atoms with Crippen molar-refractivity contribution in [3.05, 3.63) is 36.4 Å². The molecule has 0 unspecified atom stereocenters. The lowest BCUT2D eigenvalue weighted by Gasteiger charge is -2.10. The third-order valence-electron chi connectivity index (χ3n) is 2.99. The first-order valence-electron chi connectivity index (χ1n) is 6.50. The minimum atomic E-state index is 0.469. The van der Waals surface area contributed by atoms with Crippen LogP contribution in [0.1, 0.15) is 0 Å². The highest BCUT2D eigenvalue weighted by Gasteiger charge is 2.12. The molecule has 0 aliphatic heterocycles. The molecular formula is C16H17N2O4.